The monoisotopic (exact) mass is 276 g/mol. The van der Waals surface area contributed by atoms with Crippen molar-refractivity contribution in [3.63, 3.8) is 0 Å². The first-order valence-corrected chi connectivity index (χ1v) is 8.72. The Morgan fingerprint density at radius 2 is 1.75 bits per heavy atom. The molecule has 5 aliphatic rings. The van der Waals surface area contributed by atoms with Crippen LogP contribution in [0.3, 0.4) is 0 Å². The SMILES string of the molecule is O=C(CCC1CCNC1)NC12CC3CC(CC(C3)C1)C2. The second kappa shape index (κ2) is 5.01. The van der Waals surface area contributed by atoms with Gasteiger partial charge in [0.05, 0.1) is 0 Å². The van der Waals surface area contributed by atoms with Gasteiger partial charge in [-0.15, -0.1) is 0 Å². The van der Waals surface area contributed by atoms with E-state index in [1.54, 1.807) is 0 Å². The first kappa shape index (κ1) is 13.1. The summed E-state index contributed by atoms with van der Waals surface area (Å²) < 4.78 is 0. The molecule has 1 unspecified atom stereocenters. The van der Waals surface area contributed by atoms with E-state index in [0.717, 1.165) is 49.6 Å². The maximum absolute atomic E-state index is 12.4. The molecule has 5 rings (SSSR count). The van der Waals surface area contributed by atoms with Gasteiger partial charge in [-0.1, -0.05) is 0 Å². The Balaban J connectivity index is 1.32. The maximum Gasteiger partial charge on any atom is 0.220 e. The zero-order valence-electron chi connectivity index (χ0n) is 12.5. The average molecular weight is 276 g/mol. The molecular formula is C17H28N2O. The highest BCUT2D eigenvalue weighted by molar-refractivity contribution is 5.76. The van der Waals surface area contributed by atoms with E-state index in [-0.39, 0.29) is 5.54 Å². The maximum atomic E-state index is 12.4. The Morgan fingerprint density at radius 1 is 1.10 bits per heavy atom. The summed E-state index contributed by atoms with van der Waals surface area (Å²) in [6, 6.07) is 0. The first-order chi connectivity index (χ1) is 9.71. The topological polar surface area (TPSA) is 41.1 Å². The quantitative estimate of drug-likeness (QED) is 0.828. The van der Waals surface area contributed by atoms with Crippen molar-refractivity contribution in [1.29, 1.82) is 0 Å². The summed E-state index contributed by atoms with van der Waals surface area (Å²) in [4.78, 5) is 12.4. The minimum atomic E-state index is 0.208. The molecule has 2 N–H and O–H groups in total. The molecule has 1 aliphatic heterocycles. The number of hydrogen-bond acceptors (Lipinski definition) is 2. The van der Waals surface area contributed by atoms with Gasteiger partial charge >= 0.3 is 0 Å². The predicted molar refractivity (Wildman–Crippen MR) is 79.3 cm³/mol. The van der Waals surface area contributed by atoms with Crippen LogP contribution in [0, 0.1) is 23.7 Å². The van der Waals surface area contributed by atoms with Crippen LogP contribution in [-0.2, 0) is 4.79 Å². The molecule has 20 heavy (non-hydrogen) atoms. The molecule has 0 spiro atoms. The predicted octanol–water partition coefficient (Wildman–Crippen LogP) is 2.46. The van der Waals surface area contributed by atoms with Crippen molar-refractivity contribution in [3.05, 3.63) is 0 Å². The molecule has 1 amide bonds. The lowest BCUT2D eigenvalue weighted by atomic mass is 9.53. The van der Waals surface area contributed by atoms with Gasteiger partial charge in [0.2, 0.25) is 5.91 Å². The van der Waals surface area contributed by atoms with E-state index in [1.165, 1.54) is 44.9 Å². The van der Waals surface area contributed by atoms with Gasteiger partial charge in [0.1, 0.15) is 0 Å². The van der Waals surface area contributed by atoms with Gasteiger partial charge in [-0.05, 0) is 88.1 Å². The zero-order chi connectivity index (χ0) is 13.6. The number of carbonyl (C=O) groups excluding carboxylic acids is 1. The van der Waals surface area contributed by atoms with Crippen molar-refractivity contribution in [2.75, 3.05) is 13.1 Å². The third-order valence-corrected chi connectivity index (χ3v) is 6.38. The van der Waals surface area contributed by atoms with Crippen molar-refractivity contribution < 1.29 is 4.79 Å². The fourth-order valence-corrected chi connectivity index (χ4v) is 5.92. The Morgan fingerprint density at radius 3 is 2.30 bits per heavy atom. The lowest BCUT2D eigenvalue weighted by Gasteiger charge is -2.57. The van der Waals surface area contributed by atoms with Crippen molar-refractivity contribution in [2.45, 2.75) is 63.3 Å². The van der Waals surface area contributed by atoms with Crippen LogP contribution in [0.5, 0.6) is 0 Å². The molecule has 3 heteroatoms. The van der Waals surface area contributed by atoms with Gasteiger partial charge < -0.3 is 10.6 Å². The number of nitrogens with one attached hydrogen (secondary N) is 2. The largest absolute Gasteiger partial charge is 0.351 e. The van der Waals surface area contributed by atoms with Crippen molar-refractivity contribution >= 4 is 5.91 Å². The van der Waals surface area contributed by atoms with Crippen LogP contribution in [0.1, 0.15) is 57.8 Å². The van der Waals surface area contributed by atoms with Crippen molar-refractivity contribution in [2.24, 2.45) is 23.7 Å². The number of carbonyl (C=O) groups is 1. The molecule has 4 bridgehead atoms. The Labute approximate surface area is 122 Å². The summed E-state index contributed by atoms with van der Waals surface area (Å²) >= 11 is 0. The van der Waals surface area contributed by atoms with E-state index in [1.807, 2.05) is 0 Å². The van der Waals surface area contributed by atoms with Crippen molar-refractivity contribution in [3.8, 4) is 0 Å². The Kier molecular flexibility index (Phi) is 3.29. The van der Waals surface area contributed by atoms with Gasteiger partial charge in [0.25, 0.3) is 0 Å². The van der Waals surface area contributed by atoms with Crippen LogP contribution in [0.25, 0.3) is 0 Å². The molecule has 1 atom stereocenters. The van der Waals surface area contributed by atoms with Gasteiger partial charge in [-0.25, -0.2) is 0 Å². The Hall–Kier alpha value is -0.570. The minimum Gasteiger partial charge on any atom is -0.351 e. The lowest BCUT2D eigenvalue weighted by molar-refractivity contribution is -0.127. The summed E-state index contributed by atoms with van der Waals surface area (Å²) in [5.41, 5.74) is 0.208. The number of amides is 1. The van der Waals surface area contributed by atoms with E-state index >= 15 is 0 Å². The minimum absolute atomic E-state index is 0.208. The van der Waals surface area contributed by atoms with Gasteiger partial charge in [-0.2, -0.15) is 0 Å². The molecule has 3 nitrogen and oxygen atoms in total. The molecule has 1 saturated heterocycles. The van der Waals surface area contributed by atoms with E-state index in [9.17, 15) is 4.79 Å². The normalized spacial score (nSPS) is 45.8. The second-order valence-corrected chi connectivity index (χ2v) is 8.14. The Bertz CT molecular complexity index is 351. The highest BCUT2D eigenvalue weighted by Crippen LogP contribution is 2.55. The van der Waals surface area contributed by atoms with Crippen LogP contribution in [0.4, 0.5) is 0 Å². The van der Waals surface area contributed by atoms with Crippen LogP contribution in [0.15, 0.2) is 0 Å². The fraction of sp³-hybridized carbons (Fsp3) is 0.941. The van der Waals surface area contributed by atoms with E-state index in [0.29, 0.717) is 5.91 Å². The average Bonchev–Trinajstić information content (AvgIpc) is 2.87. The van der Waals surface area contributed by atoms with Crippen LogP contribution in [0.2, 0.25) is 0 Å². The van der Waals surface area contributed by atoms with Crippen molar-refractivity contribution in [1.82, 2.24) is 10.6 Å². The van der Waals surface area contributed by atoms with Crippen LogP contribution in [-0.4, -0.2) is 24.5 Å². The summed E-state index contributed by atoms with van der Waals surface area (Å²) in [5, 5.41) is 6.88. The molecule has 0 aromatic heterocycles. The van der Waals surface area contributed by atoms with Gasteiger partial charge in [0, 0.05) is 12.0 Å². The number of rotatable bonds is 4. The molecule has 0 aromatic rings. The lowest BCUT2D eigenvalue weighted by Crippen LogP contribution is -2.59. The van der Waals surface area contributed by atoms with Gasteiger partial charge in [-0.3, -0.25) is 4.79 Å². The highest BCUT2D eigenvalue weighted by atomic mass is 16.1. The molecule has 5 fully saturated rings. The molecule has 4 aliphatic carbocycles. The van der Waals surface area contributed by atoms with E-state index < -0.39 is 0 Å². The highest BCUT2D eigenvalue weighted by Gasteiger charge is 2.51. The van der Waals surface area contributed by atoms with Crippen LogP contribution >= 0.6 is 0 Å². The molecule has 4 saturated carbocycles. The van der Waals surface area contributed by atoms with Crippen LogP contribution < -0.4 is 10.6 Å². The van der Waals surface area contributed by atoms with E-state index in [4.69, 9.17) is 0 Å². The number of hydrogen-bond donors (Lipinski definition) is 2. The molecule has 112 valence electrons. The third kappa shape index (κ3) is 2.49. The summed E-state index contributed by atoms with van der Waals surface area (Å²) in [6.45, 7) is 2.26. The smallest absolute Gasteiger partial charge is 0.220 e. The molecule has 1 heterocycles. The third-order valence-electron chi connectivity index (χ3n) is 6.38. The molecule has 0 radical (unpaired) electrons. The summed E-state index contributed by atoms with van der Waals surface area (Å²) in [5.74, 6) is 3.82. The zero-order valence-corrected chi connectivity index (χ0v) is 12.5. The summed E-state index contributed by atoms with van der Waals surface area (Å²) in [6.07, 6.45) is 11.2. The van der Waals surface area contributed by atoms with E-state index in [2.05, 4.69) is 10.6 Å². The molecule has 0 aromatic carbocycles. The standard InChI is InChI=1S/C17H28N2O/c20-16(2-1-12-3-4-18-11-12)19-17-8-13-5-14(9-17)7-15(6-13)10-17/h12-15,18H,1-11H2,(H,19,20). The summed E-state index contributed by atoms with van der Waals surface area (Å²) in [7, 11) is 0. The second-order valence-electron chi connectivity index (χ2n) is 8.14. The van der Waals surface area contributed by atoms with Gasteiger partial charge in [0.15, 0.2) is 0 Å². The fourth-order valence-electron chi connectivity index (χ4n) is 5.92. The first-order valence-electron chi connectivity index (χ1n) is 8.72. The molecular weight excluding hydrogens is 248 g/mol.